The van der Waals surface area contributed by atoms with Crippen molar-refractivity contribution in [1.29, 1.82) is 0 Å². The Morgan fingerprint density at radius 2 is 2.05 bits per heavy atom. The minimum atomic E-state index is 0.716. The number of imidazole rings is 1. The van der Waals surface area contributed by atoms with Crippen LogP contribution in [0.3, 0.4) is 0 Å². The van der Waals surface area contributed by atoms with Crippen molar-refractivity contribution in [3.63, 3.8) is 0 Å². The summed E-state index contributed by atoms with van der Waals surface area (Å²) in [4.78, 5) is 6.02. The van der Waals surface area contributed by atoms with Gasteiger partial charge in [0, 0.05) is 11.6 Å². The van der Waals surface area contributed by atoms with Gasteiger partial charge < -0.3 is 5.73 Å². The molecule has 104 valence electrons. The van der Waals surface area contributed by atoms with Crippen LogP contribution in [0.25, 0.3) is 27.0 Å². The van der Waals surface area contributed by atoms with E-state index in [2.05, 4.69) is 36.6 Å². The molecule has 0 aliphatic rings. The number of thiophene rings is 1. The van der Waals surface area contributed by atoms with Crippen LogP contribution < -0.4 is 5.73 Å². The summed E-state index contributed by atoms with van der Waals surface area (Å²) in [6, 6.07) is 12.5. The van der Waals surface area contributed by atoms with Gasteiger partial charge in [-0.2, -0.15) is 0 Å². The van der Waals surface area contributed by atoms with Crippen molar-refractivity contribution in [3.8, 4) is 10.6 Å². The Kier molecular flexibility index (Phi) is 2.72. The molecule has 0 atom stereocenters. The van der Waals surface area contributed by atoms with Gasteiger partial charge in [0.1, 0.15) is 17.2 Å². The Hall–Kier alpha value is -2.33. The third-order valence-electron chi connectivity index (χ3n) is 3.90. The predicted molar refractivity (Wildman–Crippen MR) is 89.8 cm³/mol. The van der Waals surface area contributed by atoms with Gasteiger partial charge in [-0.05, 0) is 34.9 Å². The predicted octanol–water partition coefficient (Wildman–Crippen LogP) is 4.36. The average Bonchev–Trinajstić information content (AvgIpc) is 3.11. The molecule has 0 aliphatic heterocycles. The number of hydrogen-bond acceptors (Lipinski definition) is 3. The molecule has 1 aromatic carbocycles. The highest BCUT2D eigenvalue weighted by atomic mass is 32.1. The molecule has 0 radical (unpaired) electrons. The fourth-order valence-corrected chi connectivity index (χ4v) is 3.77. The number of fused-ring (bicyclic) bond motifs is 3. The van der Waals surface area contributed by atoms with Crippen LogP contribution in [-0.2, 0) is 6.42 Å². The smallest absolute Gasteiger partial charge is 0.147 e. The summed E-state index contributed by atoms with van der Waals surface area (Å²) in [6.07, 6.45) is 3.00. The van der Waals surface area contributed by atoms with E-state index >= 15 is 0 Å². The lowest BCUT2D eigenvalue weighted by Gasteiger charge is -2.01. The van der Waals surface area contributed by atoms with Gasteiger partial charge in [0.2, 0.25) is 0 Å². The normalized spacial score (nSPS) is 11.5. The van der Waals surface area contributed by atoms with Crippen LogP contribution in [-0.4, -0.2) is 9.38 Å². The third kappa shape index (κ3) is 1.76. The first-order valence-corrected chi connectivity index (χ1v) is 7.89. The summed E-state index contributed by atoms with van der Waals surface area (Å²) in [7, 11) is 0. The fraction of sp³-hybridized carbons (Fsp3) is 0.118. The number of aromatic nitrogens is 2. The summed E-state index contributed by atoms with van der Waals surface area (Å²) >= 11 is 1.71. The average molecular weight is 293 g/mol. The van der Waals surface area contributed by atoms with Gasteiger partial charge in [0.05, 0.1) is 4.88 Å². The molecule has 4 rings (SSSR count). The number of pyridine rings is 1. The van der Waals surface area contributed by atoms with E-state index in [1.807, 2.05) is 22.7 Å². The number of nitrogens with zero attached hydrogens (tertiary/aromatic N) is 2. The molecule has 0 bridgehead atoms. The van der Waals surface area contributed by atoms with E-state index in [1.54, 1.807) is 11.3 Å². The molecule has 3 heterocycles. The molecule has 0 amide bonds. The molecule has 0 unspecified atom stereocenters. The molecule has 4 aromatic rings. The van der Waals surface area contributed by atoms with Gasteiger partial charge in [-0.3, -0.25) is 4.40 Å². The monoisotopic (exact) mass is 293 g/mol. The number of hydrogen-bond donors (Lipinski definition) is 1. The molecule has 2 N–H and O–H groups in total. The molecule has 3 aromatic heterocycles. The second kappa shape index (κ2) is 4.60. The molecule has 4 heteroatoms. The Balaban J connectivity index is 2.08. The zero-order valence-electron chi connectivity index (χ0n) is 11.7. The van der Waals surface area contributed by atoms with Crippen molar-refractivity contribution in [3.05, 3.63) is 53.5 Å². The van der Waals surface area contributed by atoms with Crippen molar-refractivity contribution in [1.82, 2.24) is 9.38 Å². The lowest BCUT2D eigenvalue weighted by Crippen LogP contribution is -1.94. The van der Waals surface area contributed by atoms with E-state index < -0.39 is 0 Å². The van der Waals surface area contributed by atoms with Crippen molar-refractivity contribution < 1.29 is 0 Å². The summed E-state index contributed by atoms with van der Waals surface area (Å²) in [5.41, 5.74) is 9.48. The second-order valence-electron chi connectivity index (χ2n) is 5.07. The van der Waals surface area contributed by atoms with E-state index in [1.165, 1.54) is 15.8 Å². The molecule has 0 saturated heterocycles. The van der Waals surface area contributed by atoms with Gasteiger partial charge >= 0.3 is 0 Å². The van der Waals surface area contributed by atoms with Crippen molar-refractivity contribution in [2.24, 2.45) is 0 Å². The Labute approximate surface area is 126 Å². The third-order valence-corrected chi connectivity index (χ3v) is 4.86. The first-order valence-electron chi connectivity index (χ1n) is 7.01. The van der Waals surface area contributed by atoms with E-state index in [4.69, 9.17) is 10.7 Å². The van der Waals surface area contributed by atoms with Crippen LogP contribution in [0, 0.1) is 0 Å². The van der Waals surface area contributed by atoms with Gasteiger partial charge in [-0.25, -0.2) is 4.98 Å². The van der Waals surface area contributed by atoms with E-state index in [0.29, 0.717) is 5.82 Å². The van der Waals surface area contributed by atoms with Crippen LogP contribution >= 0.6 is 11.3 Å². The highest BCUT2D eigenvalue weighted by molar-refractivity contribution is 7.13. The minimum Gasteiger partial charge on any atom is -0.383 e. The van der Waals surface area contributed by atoms with Gasteiger partial charge in [-0.15, -0.1) is 11.3 Å². The highest BCUT2D eigenvalue weighted by Crippen LogP contribution is 2.35. The number of anilines is 1. The molecular formula is C17H15N3S. The number of nitrogens with two attached hydrogens (primary N) is 1. The SMILES string of the molecule is CCc1ccsc1-c1nc2c3ccccc3ccn2c1N. The number of benzene rings is 1. The molecular weight excluding hydrogens is 278 g/mol. The maximum absolute atomic E-state index is 6.35. The van der Waals surface area contributed by atoms with Gasteiger partial charge in [0.15, 0.2) is 0 Å². The zero-order chi connectivity index (χ0) is 14.4. The lowest BCUT2D eigenvalue weighted by atomic mass is 10.2. The summed E-state index contributed by atoms with van der Waals surface area (Å²) in [5, 5.41) is 4.42. The van der Waals surface area contributed by atoms with Crippen LogP contribution in [0.1, 0.15) is 12.5 Å². The van der Waals surface area contributed by atoms with Crippen LogP contribution in [0.2, 0.25) is 0 Å². The van der Waals surface area contributed by atoms with Crippen molar-refractivity contribution >= 4 is 33.6 Å². The molecule has 0 aliphatic carbocycles. The summed E-state index contributed by atoms with van der Waals surface area (Å²) < 4.78 is 1.98. The molecule has 0 fully saturated rings. The topological polar surface area (TPSA) is 43.3 Å². The standard InChI is InChI=1S/C17H15N3S/c1-2-11-8-10-21-15(11)14-16(18)20-9-7-12-5-3-4-6-13(12)17(20)19-14/h3-10H,2,18H2,1H3. The lowest BCUT2D eigenvalue weighted by molar-refractivity contribution is 1.15. The van der Waals surface area contributed by atoms with Crippen molar-refractivity contribution in [2.75, 3.05) is 5.73 Å². The first-order chi connectivity index (χ1) is 10.3. The molecule has 21 heavy (non-hydrogen) atoms. The molecule has 3 nitrogen and oxygen atoms in total. The highest BCUT2D eigenvalue weighted by Gasteiger charge is 2.16. The van der Waals surface area contributed by atoms with Crippen molar-refractivity contribution in [2.45, 2.75) is 13.3 Å². The Morgan fingerprint density at radius 3 is 2.90 bits per heavy atom. The summed E-state index contributed by atoms with van der Waals surface area (Å²) in [6.45, 7) is 2.16. The largest absolute Gasteiger partial charge is 0.383 e. The second-order valence-corrected chi connectivity index (χ2v) is 5.99. The Morgan fingerprint density at radius 1 is 1.19 bits per heavy atom. The maximum atomic E-state index is 6.35. The Bertz CT molecular complexity index is 949. The zero-order valence-corrected chi connectivity index (χ0v) is 12.5. The number of rotatable bonds is 2. The summed E-state index contributed by atoms with van der Waals surface area (Å²) in [5.74, 6) is 0.716. The van der Waals surface area contributed by atoms with Crippen LogP contribution in [0.5, 0.6) is 0 Å². The van der Waals surface area contributed by atoms with Gasteiger partial charge in [0.25, 0.3) is 0 Å². The van der Waals surface area contributed by atoms with E-state index in [0.717, 1.165) is 23.1 Å². The molecule has 0 spiro atoms. The number of aryl methyl sites for hydroxylation is 1. The van der Waals surface area contributed by atoms with Gasteiger partial charge in [-0.1, -0.05) is 31.2 Å². The number of nitrogen functional groups attached to an aromatic ring is 1. The quantitative estimate of drug-likeness (QED) is 0.596. The van der Waals surface area contributed by atoms with Crippen LogP contribution in [0.4, 0.5) is 5.82 Å². The molecule has 0 saturated carbocycles. The fourth-order valence-electron chi connectivity index (χ4n) is 2.78. The maximum Gasteiger partial charge on any atom is 0.147 e. The van der Waals surface area contributed by atoms with E-state index in [9.17, 15) is 0 Å². The minimum absolute atomic E-state index is 0.716. The first kappa shape index (κ1) is 12.4. The van der Waals surface area contributed by atoms with E-state index in [-0.39, 0.29) is 0 Å². The van der Waals surface area contributed by atoms with Crippen LogP contribution in [0.15, 0.2) is 48.0 Å².